The van der Waals surface area contributed by atoms with Crippen molar-refractivity contribution in [3.8, 4) is 0 Å². The average Bonchev–Trinajstić information content (AvgIpc) is 2.84. The third-order valence-electron chi connectivity index (χ3n) is 5.70. The summed E-state index contributed by atoms with van der Waals surface area (Å²) < 4.78 is 20.8. The molecule has 0 bridgehead atoms. The normalized spacial score (nSPS) is 42.7. The van der Waals surface area contributed by atoms with Crippen LogP contribution in [-0.4, -0.2) is 174 Å². The van der Waals surface area contributed by atoms with Crippen molar-refractivity contribution in [3.05, 3.63) is 0 Å². The molecule has 0 saturated carbocycles. The van der Waals surface area contributed by atoms with E-state index in [2.05, 4.69) is 0 Å². The molecule has 0 amide bonds. The zero-order valence-electron chi connectivity index (χ0n) is 17.9. The van der Waals surface area contributed by atoms with Gasteiger partial charge < -0.3 is 80.2 Å². The van der Waals surface area contributed by atoms with E-state index >= 15 is 0 Å². The van der Waals surface area contributed by atoms with Crippen molar-refractivity contribution in [2.24, 2.45) is 0 Å². The summed E-state index contributed by atoms with van der Waals surface area (Å²) in [6.07, 6.45) is -23.8. The Bertz CT molecular complexity index is 596. The fraction of sp³-hybridized carbons (Fsp3) is 1.00. The molecule has 0 aliphatic carbocycles. The van der Waals surface area contributed by atoms with Crippen LogP contribution in [0.2, 0.25) is 0 Å². The zero-order chi connectivity index (χ0) is 25.7. The van der Waals surface area contributed by atoms with Crippen molar-refractivity contribution < 1.29 is 80.2 Å². The van der Waals surface area contributed by atoms with Gasteiger partial charge in [0.2, 0.25) is 0 Å². The molecular formula is C18H34O16. The Hall–Kier alpha value is -0.640. The van der Waals surface area contributed by atoms with Gasteiger partial charge in [-0.3, -0.25) is 0 Å². The number of ether oxygens (including phenoxy) is 4. The zero-order valence-corrected chi connectivity index (χ0v) is 17.9. The number of aliphatic hydroxyl groups excluding tert-OH is 12. The van der Waals surface area contributed by atoms with E-state index in [4.69, 9.17) is 24.1 Å². The molecular weight excluding hydrogens is 472 g/mol. The third kappa shape index (κ3) is 6.77. The Labute approximate surface area is 193 Å². The predicted molar refractivity (Wildman–Crippen MR) is 103 cm³/mol. The Morgan fingerprint density at radius 1 is 0.588 bits per heavy atom. The fourth-order valence-electron chi connectivity index (χ4n) is 3.44. The average molecular weight is 506 g/mol. The Morgan fingerprint density at radius 2 is 1.06 bits per heavy atom. The van der Waals surface area contributed by atoms with Crippen LogP contribution in [0.4, 0.5) is 0 Å². The van der Waals surface area contributed by atoms with Gasteiger partial charge in [-0.2, -0.15) is 0 Å². The summed E-state index contributed by atoms with van der Waals surface area (Å²) >= 11 is 0. The van der Waals surface area contributed by atoms with E-state index in [9.17, 15) is 56.2 Å². The monoisotopic (exact) mass is 506 g/mol. The molecule has 2 fully saturated rings. The molecule has 14 atom stereocenters. The maximum Gasteiger partial charge on any atom is 0.186 e. The van der Waals surface area contributed by atoms with Crippen LogP contribution in [-0.2, 0) is 18.9 Å². The highest BCUT2D eigenvalue weighted by Crippen LogP contribution is 2.26. The fourth-order valence-corrected chi connectivity index (χ4v) is 3.44. The van der Waals surface area contributed by atoms with Crippen LogP contribution >= 0.6 is 0 Å². The van der Waals surface area contributed by atoms with Gasteiger partial charge in [-0.05, 0) is 0 Å². The molecule has 2 rings (SSSR count). The SMILES string of the molecule is OCC(O)[C@@H](O)[C@H](O)[C@H](O)CO[C@H]1O[C@H](CO[C@@H]2O[C@H](CO)[C@H](O)[C@H](O)[C@H]2O)[C@@H](O)[C@H](O)[C@H]1O. The third-order valence-corrected chi connectivity index (χ3v) is 5.70. The lowest BCUT2D eigenvalue weighted by Crippen LogP contribution is -2.62. The smallest absolute Gasteiger partial charge is 0.186 e. The van der Waals surface area contributed by atoms with Gasteiger partial charge in [-0.1, -0.05) is 0 Å². The first kappa shape index (κ1) is 29.6. The molecule has 2 saturated heterocycles. The first-order valence-corrected chi connectivity index (χ1v) is 10.5. The van der Waals surface area contributed by atoms with E-state index in [1.165, 1.54) is 0 Å². The number of hydrogen-bond acceptors (Lipinski definition) is 16. The van der Waals surface area contributed by atoms with E-state index in [0.29, 0.717) is 0 Å². The van der Waals surface area contributed by atoms with Gasteiger partial charge in [0, 0.05) is 0 Å². The van der Waals surface area contributed by atoms with Gasteiger partial charge in [0.25, 0.3) is 0 Å². The first-order valence-electron chi connectivity index (χ1n) is 10.5. The molecule has 2 aliphatic rings. The molecule has 2 heterocycles. The Kier molecular flexibility index (Phi) is 11.4. The maximum atomic E-state index is 10.2. The van der Waals surface area contributed by atoms with Gasteiger partial charge >= 0.3 is 0 Å². The number of aliphatic hydroxyl groups is 12. The molecule has 0 aromatic rings. The highest BCUT2D eigenvalue weighted by Gasteiger charge is 2.47. The van der Waals surface area contributed by atoms with E-state index in [0.717, 1.165) is 0 Å². The second-order valence-corrected chi connectivity index (χ2v) is 8.18. The van der Waals surface area contributed by atoms with Crippen molar-refractivity contribution >= 4 is 0 Å². The van der Waals surface area contributed by atoms with Gasteiger partial charge in [0.1, 0.15) is 73.2 Å². The van der Waals surface area contributed by atoms with Gasteiger partial charge in [0.05, 0.1) is 26.4 Å². The molecule has 34 heavy (non-hydrogen) atoms. The van der Waals surface area contributed by atoms with Crippen LogP contribution in [0.1, 0.15) is 0 Å². The van der Waals surface area contributed by atoms with Gasteiger partial charge in [-0.15, -0.1) is 0 Å². The van der Waals surface area contributed by atoms with Crippen molar-refractivity contribution in [2.45, 2.75) is 85.8 Å². The van der Waals surface area contributed by atoms with Gasteiger partial charge in [-0.25, -0.2) is 0 Å². The summed E-state index contributed by atoms with van der Waals surface area (Å²) in [5.41, 5.74) is 0. The van der Waals surface area contributed by atoms with Gasteiger partial charge in [0.15, 0.2) is 12.6 Å². The minimum absolute atomic E-state index is 0.597. The summed E-state index contributed by atoms with van der Waals surface area (Å²) in [6.45, 7) is -2.97. The molecule has 12 N–H and O–H groups in total. The summed E-state index contributed by atoms with van der Waals surface area (Å²) in [6, 6.07) is 0. The quantitative estimate of drug-likeness (QED) is 0.124. The summed E-state index contributed by atoms with van der Waals surface area (Å²) in [4.78, 5) is 0. The summed E-state index contributed by atoms with van der Waals surface area (Å²) in [5.74, 6) is 0. The predicted octanol–water partition coefficient (Wildman–Crippen LogP) is -7.94. The topological polar surface area (TPSA) is 280 Å². The lowest BCUT2D eigenvalue weighted by atomic mass is 9.98. The van der Waals surface area contributed by atoms with Crippen LogP contribution in [0.5, 0.6) is 0 Å². The second-order valence-electron chi connectivity index (χ2n) is 8.18. The minimum atomic E-state index is -1.95. The lowest BCUT2D eigenvalue weighted by molar-refractivity contribution is -0.333. The van der Waals surface area contributed by atoms with Crippen molar-refractivity contribution in [3.63, 3.8) is 0 Å². The second kappa shape index (κ2) is 13.1. The Morgan fingerprint density at radius 3 is 1.59 bits per heavy atom. The highest BCUT2D eigenvalue weighted by atomic mass is 16.7. The molecule has 16 heteroatoms. The molecule has 0 aromatic carbocycles. The molecule has 0 radical (unpaired) electrons. The standard InChI is InChI=1S/C18H34O16/c19-1-5(21)9(23)10(24)6(22)3-31-17-16(30)14(28)12(26)8(34-17)4-32-18-15(29)13(27)11(25)7(2-20)33-18/h5-30H,1-4H2/t5?,6-,7-,8-,9-,10-,11+,12-,13+,14+,15-,16-,17+,18-/m1/s1. The Balaban J connectivity index is 1.95. The molecule has 0 aromatic heterocycles. The molecule has 16 nitrogen and oxygen atoms in total. The van der Waals surface area contributed by atoms with Crippen molar-refractivity contribution in [1.29, 1.82) is 0 Å². The van der Waals surface area contributed by atoms with E-state index in [-0.39, 0.29) is 0 Å². The number of hydrogen-bond donors (Lipinski definition) is 12. The molecule has 0 spiro atoms. The highest BCUT2D eigenvalue weighted by molar-refractivity contribution is 4.92. The van der Waals surface area contributed by atoms with E-state index in [1.54, 1.807) is 0 Å². The first-order chi connectivity index (χ1) is 15.9. The molecule has 202 valence electrons. The van der Waals surface area contributed by atoms with Crippen molar-refractivity contribution in [1.82, 2.24) is 0 Å². The minimum Gasteiger partial charge on any atom is -0.394 e. The van der Waals surface area contributed by atoms with E-state index in [1.807, 2.05) is 0 Å². The van der Waals surface area contributed by atoms with Crippen LogP contribution in [0.25, 0.3) is 0 Å². The maximum absolute atomic E-state index is 10.2. The molecule has 2 aliphatic heterocycles. The van der Waals surface area contributed by atoms with Crippen LogP contribution in [0, 0.1) is 0 Å². The van der Waals surface area contributed by atoms with E-state index < -0.39 is 112 Å². The van der Waals surface area contributed by atoms with Crippen LogP contribution < -0.4 is 0 Å². The van der Waals surface area contributed by atoms with Crippen LogP contribution in [0.3, 0.4) is 0 Å². The number of rotatable bonds is 11. The summed E-state index contributed by atoms with van der Waals surface area (Å²) in [5, 5.41) is 117. The summed E-state index contributed by atoms with van der Waals surface area (Å²) in [7, 11) is 0. The van der Waals surface area contributed by atoms with Crippen LogP contribution in [0.15, 0.2) is 0 Å². The van der Waals surface area contributed by atoms with Crippen molar-refractivity contribution in [2.75, 3.05) is 26.4 Å². The molecule has 1 unspecified atom stereocenters. The lowest BCUT2D eigenvalue weighted by Gasteiger charge is -2.42. The largest absolute Gasteiger partial charge is 0.394 e.